The summed E-state index contributed by atoms with van der Waals surface area (Å²) in [6.45, 7) is 2.46. The second kappa shape index (κ2) is 8.34. The predicted octanol–water partition coefficient (Wildman–Crippen LogP) is 2.69. The number of carbonyl (C=O) groups excluding carboxylic acids is 1. The van der Waals surface area contributed by atoms with Crippen molar-refractivity contribution in [3.8, 4) is 5.75 Å². The second-order valence-electron chi connectivity index (χ2n) is 5.61. The van der Waals surface area contributed by atoms with Gasteiger partial charge in [0.15, 0.2) is 0 Å². The topological polar surface area (TPSA) is 64.3 Å². The molecular weight excluding hydrogens is 288 g/mol. The summed E-state index contributed by atoms with van der Waals surface area (Å²) < 4.78 is 5.13. The van der Waals surface area contributed by atoms with Gasteiger partial charge in [-0.25, -0.2) is 0 Å². The molecular formula is C19H24N2O2. The van der Waals surface area contributed by atoms with Crippen molar-refractivity contribution in [2.45, 2.75) is 19.4 Å². The van der Waals surface area contributed by atoms with E-state index >= 15 is 0 Å². The van der Waals surface area contributed by atoms with Crippen molar-refractivity contribution >= 4 is 5.91 Å². The lowest BCUT2D eigenvalue weighted by Gasteiger charge is -2.19. The van der Waals surface area contributed by atoms with Crippen molar-refractivity contribution in [3.05, 3.63) is 65.7 Å². The molecule has 23 heavy (non-hydrogen) atoms. The fourth-order valence-electron chi connectivity index (χ4n) is 2.41. The van der Waals surface area contributed by atoms with Gasteiger partial charge in [-0.3, -0.25) is 4.79 Å². The van der Waals surface area contributed by atoms with Crippen LogP contribution in [0.5, 0.6) is 5.75 Å². The molecule has 2 unspecified atom stereocenters. The number of nitrogens with two attached hydrogens (primary N) is 1. The van der Waals surface area contributed by atoms with E-state index in [-0.39, 0.29) is 17.9 Å². The third-order valence-electron chi connectivity index (χ3n) is 4.01. The number of hydrogen-bond donors (Lipinski definition) is 2. The molecule has 0 aliphatic heterocycles. The fraction of sp³-hybridized carbons (Fsp3) is 0.316. The van der Waals surface area contributed by atoms with Crippen LogP contribution in [0.2, 0.25) is 0 Å². The smallest absolute Gasteiger partial charge is 0.224 e. The lowest BCUT2D eigenvalue weighted by Crippen LogP contribution is -2.36. The van der Waals surface area contributed by atoms with Crippen LogP contribution in [0.3, 0.4) is 0 Å². The molecule has 0 heterocycles. The lowest BCUT2D eigenvalue weighted by molar-refractivity contribution is -0.125. The molecule has 4 nitrogen and oxygen atoms in total. The van der Waals surface area contributed by atoms with E-state index in [0.29, 0.717) is 6.54 Å². The molecule has 0 spiro atoms. The minimum absolute atomic E-state index is 0.0186. The van der Waals surface area contributed by atoms with Crippen LogP contribution in [-0.4, -0.2) is 19.6 Å². The molecule has 0 bridgehead atoms. The number of amides is 1. The van der Waals surface area contributed by atoms with Gasteiger partial charge in [0.1, 0.15) is 5.75 Å². The van der Waals surface area contributed by atoms with Gasteiger partial charge >= 0.3 is 0 Å². The number of ether oxygens (including phenoxy) is 1. The van der Waals surface area contributed by atoms with Gasteiger partial charge in [-0.05, 0) is 29.7 Å². The summed E-state index contributed by atoms with van der Waals surface area (Å²) in [5.74, 6) is 0.545. The summed E-state index contributed by atoms with van der Waals surface area (Å²) in [5, 5.41) is 2.96. The van der Waals surface area contributed by atoms with Crippen molar-refractivity contribution < 1.29 is 9.53 Å². The first-order valence-electron chi connectivity index (χ1n) is 7.83. The number of nitrogens with one attached hydrogen (secondary N) is 1. The largest absolute Gasteiger partial charge is 0.497 e. The zero-order valence-corrected chi connectivity index (χ0v) is 13.7. The SMILES string of the molecule is COc1ccc(CCNC(=O)C(C)C(N)c2ccccc2)cc1. The third-order valence-corrected chi connectivity index (χ3v) is 4.01. The van der Waals surface area contributed by atoms with E-state index in [4.69, 9.17) is 10.5 Å². The second-order valence-corrected chi connectivity index (χ2v) is 5.61. The summed E-state index contributed by atoms with van der Waals surface area (Å²) in [6, 6.07) is 17.3. The van der Waals surface area contributed by atoms with Crippen LogP contribution in [0, 0.1) is 5.92 Å². The van der Waals surface area contributed by atoms with E-state index in [1.807, 2.05) is 61.5 Å². The zero-order chi connectivity index (χ0) is 16.7. The Bertz CT molecular complexity index is 611. The minimum atomic E-state index is -0.294. The Labute approximate surface area is 137 Å². The minimum Gasteiger partial charge on any atom is -0.497 e. The highest BCUT2D eigenvalue weighted by Gasteiger charge is 2.21. The molecule has 0 radical (unpaired) electrons. The summed E-state index contributed by atoms with van der Waals surface area (Å²) in [5.41, 5.74) is 8.32. The maximum Gasteiger partial charge on any atom is 0.224 e. The number of methoxy groups -OCH3 is 1. The molecule has 122 valence electrons. The Balaban J connectivity index is 1.81. The Kier molecular flexibility index (Phi) is 6.18. The van der Waals surface area contributed by atoms with Gasteiger partial charge in [-0.1, -0.05) is 49.4 Å². The van der Waals surface area contributed by atoms with Gasteiger partial charge < -0.3 is 15.8 Å². The monoisotopic (exact) mass is 312 g/mol. The molecule has 0 saturated heterocycles. The molecule has 2 aromatic carbocycles. The average molecular weight is 312 g/mol. The van der Waals surface area contributed by atoms with Crippen LogP contribution in [-0.2, 0) is 11.2 Å². The van der Waals surface area contributed by atoms with Crippen LogP contribution >= 0.6 is 0 Å². The van der Waals surface area contributed by atoms with Crippen molar-refractivity contribution in [1.29, 1.82) is 0 Å². The summed E-state index contributed by atoms with van der Waals surface area (Å²) >= 11 is 0. The molecule has 0 fully saturated rings. The van der Waals surface area contributed by atoms with Crippen molar-refractivity contribution in [3.63, 3.8) is 0 Å². The Morgan fingerprint density at radius 2 is 1.78 bits per heavy atom. The maximum absolute atomic E-state index is 12.2. The zero-order valence-electron chi connectivity index (χ0n) is 13.7. The Morgan fingerprint density at radius 3 is 2.39 bits per heavy atom. The number of carbonyl (C=O) groups is 1. The van der Waals surface area contributed by atoms with E-state index in [1.165, 1.54) is 0 Å². The van der Waals surface area contributed by atoms with Gasteiger partial charge in [0, 0.05) is 12.6 Å². The van der Waals surface area contributed by atoms with Crippen molar-refractivity contribution in [2.75, 3.05) is 13.7 Å². The van der Waals surface area contributed by atoms with Gasteiger partial charge in [0.2, 0.25) is 5.91 Å². The molecule has 4 heteroatoms. The van der Waals surface area contributed by atoms with Crippen molar-refractivity contribution in [2.24, 2.45) is 11.7 Å². The standard InChI is InChI=1S/C19H24N2O2/c1-14(18(20)16-6-4-3-5-7-16)19(22)21-13-12-15-8-10-17(23-2)11-9-15/h3-11,14,18H,12-13,20H2,1-2H3,(H,21,22). The first-order valence-corrected chi connectivity index (χ1v) is 7.83. The molecule has 0 saturated carbocycles. The van der Waals surface area contributed by atoms with Crippen molar-refractivity contribution in [1.82, 2.24) is 5.32 Å². The molecule has 0 aliphatic rings. The summed E-state index contributed by atoms with van der Waals surface area (Å²) in [6.07, 6.45) is 0.781. The molecule has 0 aromatic heterocycles. The summed E-state index contributed by atoms with van der Waals surface area (Å²) in [4.78, 5) is 12.2. The quantitative estimate of drug-likeness (QED) is 0.826. The number of rotatable bonds is 7. The van der Waals surface area contributed by atoms with Crippen LogP contribution < -0.4 is 15.8 Å². The van der Waals surface area contributed by atoms with Gasteiger partial charge in [0.05, 0.1) is 13.0 Å². The van der Waals surface area contributed by atoms with Crippen LogP contribution in [0.4, 0.5) is 0 Å². The predicted molar refractivity (Wildman–Crippen MR) is 92.2 cm³/mol. The Morgan fingerprint density at radius 1 is 1.13 bits per heavy atom. The highest BCUT2D eigenvalue weighted by atomic mass is 16.5. The molecule has 2 aromatic rings. The van der Waals surface area contributed by atoms with E-state index in [2.05, 4.69) is 5.32 Å². The fourth-order valence-corrected chi connectivity index (χ4v) is 2.41. The average Bonchev–Trinajstić information content (AvgIpc) is 2.61. The van der Waals surface area contributed by atoms with Gasteiger partial charge in [-0.2, -0.15) is 0 Å². The van der Waals surface area contributed by atoms with Gasteiger partial charge in [-0.15, -0.1) is 0 Å². The van der Waals surface area contributed by atoms with Crippen LogP contribution in [0.15, 0.2) is 54.6 Å². The summed E-state index contributed by atoms with van der Waals surface area (Å²) in [7, 11) is 1.65. The van der Waals surface area contributed by atoms with E-state index in [1.54, 1.807) is 7.11 Å². The maximum atomic E-state index is 12.2. The van der Waals surface area contributed by atoms with E-state index in [0.717, 1.165) is 23.3 Å². The lowest BCUT2D eigenvalue weighted by atomic mass is 9.94. The normalized spacial score (nSPS) is 13.2. The molecule has 1 amide bonds. The first kappa shape index (κ1) is 17.0. The van der Waals surface area contributed by atoms with Crippen LogP contribution in [0.25, 0.3) is 0 Å². The molecule has 2 atom stereocenters. The van der Waals surface area contributed by atoms with E-state index in [9.17, 15) is 4.79 Å². The third kappa shape index (κ3) is 4.83. The van der Waals surface area contributed by atoms with Gasteiger partial charge in [0.25, 0.3) is 0 Å². The Hall–Kier alpha value is -2.33. The highest BCUT2D eigenvalue weighted by Crippen LogP contribution is 2.19. The molecule has 0 aliphatic carbocycles. The first-order chi connectivity index (χ1) is 11.1. The molecule has 3 N–H and O–H groups in total. The highest BCUT2D eigenvalue weighted by molar-refractivity contribution is 5.79. The van der Waals surface area contributed by atoms with Crippen LogP contribution in [0.1, 0.15) is 24.1 Å². The number of benzene rings is 2. The van der Waals surface area contributed by atoms with E-state index < -0.39 is 0 Å². The number of hydrogen-bond acceptors (Lipinski definition) is 3. The molecule has 2 rings (SSSR count).